The first-order valence-electron chi connectivity index (χ1n) is 7.09. The zero-order chi connectivity index (χ0) is 15.3. The van der Waals surface area contributed by atoms with Crippen molar-refractivity contribution in [2.75, 3.05) is 0 Å². The Kier molecular flexibility index (Phi) is 2.73. The van der Waals surface area contributed by atoms with E-state index in [0.717, 1.165) is 22.0 Å². The fourth-order valence-corrected chi connectivity index (χ4v) is 2.82. The van der Waals surface area contributed by atoms with E-state index in [2.05, 4.69) is 9.98 Å². The molecule has 2 aromatic carbocycles. The second-order valence-electron chi connectivity index (χ2n) is 5.58. The van der Waals surface area contributed by atoms with E-state index in [9.17, 15) is 9.18 Å². The molecule has 3 aromatic rings. The summed E-state index contributed by atoms with van der Waals surface area (Å²) in [5, 5.41) is 0.997. The van der Waals surface area contributed by atoms with Crippen LogP contribution in [0.25, 0.3) is 10.9 Å². The first kappa shape index (κ1) is 13.0. The Morgan fingerprint density at radius 1 is 1.18 bits per heavy atom. The van der Waals surface area contributed by atoms with Crippen molar-refractivity contribution >= 4 is 22.7 Å². The highest BCUT2D eigenvalue weighted by Gasteiger charge is 2.19. The number of carbonyl (C=O) groups is 1. The molecule has 1 aromatic heterocycles. The van der Waals surface area contributed by atoms with Crippen LogP contribution in [0.4, 0.5) is 4.39 Å². The molecule has 0 radical (unpaired) electrons. The quantitative estimate of drug-likeness (QED) is 0.714. The van der Waals surface area contributed by atoms with Crippen molar-refractivity contribution in [1.82, 2.24) is 4.98 Å². The number of nitrogens with zero attached hydrogens (tertiary/aromatic N) is 1. The van der Waals surface area contributed by atoms with Gasteiger partial charge in [0.25, 0.3) is 0 Å². The summed E-state index contributed by atoms with van der Waals surface area (Å²) in [6, 6.07) is 12.9. The number of H-pyrrole nitrogens is 1. The van der Waals surface area contributed by atoms with Crippen LogP contribution < -0.4 is 0 Å². The second kappa shape index (κ2) is 4.63. The molecule has 1 N–H and O–H groups in total. The van der Waals surface area contributed by atoms with Crippen molar-refractivity contribution in [3.63, 3.8) is 0 Å². The SMILES string of the molecule is Cc1ccc2[nH]c(C(=O)c3ccc4c(c3)C(F)=NC4)cc2c1. The minimum absolute atomic E-state index is 0.142. The van der Waals surface area contributed by atoms with Gasteiger partial charge in [0.05, 0.1) is 12.2 Å². The third-order valence-electron chi connectivity index (χ3n) is 4.00. The highest BCUT2D eigenvalue weighted by atomic mass is 19.1. The Morgan fingerprint density at radius 2 is 2.05 bits per heavy atom. The predicted molar refractivity (Wildman–Crippen MR) is 84.3 cm³/mol. The van der Waals surface area contributed by atoms with Gasteiger partial charge in [0.15, 0.2) is 0 Å². The highest BCUT2D eigenvalue weighted by Crippen LogP contribution is 2.24. The molecule has 4 rings (SSSR count). The Balaban J connectivity index is 1.77. The number of aliphatic imine (C=N–C) groups is 1. The molecule has 0 fully saturated rings. The lowest BCUT2D eigenvalue weighted by Crippen LogP contribution is -2.03. The van der Waals surface area contributed by atoms with E-state index in [1.54, 1.807) is 18.2 Å². The molecule has 0 unspecified atom stereocenters. The van der Waals surface area contributed by atoms with E-state index in [1.807, 2.05) is 31.2 Å². The van der Waals surface area contributed by atoms with Crippen LogP contribution in [-0.4, -0.2) is 16.7 Å². The molecule has 0 saturated carbocycles. The van der Waals surface area contributed by atoms with Crippen LogP contribution in [0.15, 0.2) is 47.5 Å². The lowest BCUT2D eigenvalue weighted by Gasteiger charge is -2.02. The number of aromatic nitrogens is 1. The van der Waals surface area contributed by atoms with E-state index in [4.69, 9.17) is 0 Å². The van der Waals surface area contributed by atoms with E-state index in [-0.39, 0.29) is 5.78 Å². The summed E-state index contributed by atoms with van der Waals surface area (Å²) in [4.78, 5) is 19.5. The van der Waals surface area contributed by atoms with Gasteiger partial charge in [-0.15, -0.1) is 0 Å². The van der Waals surface area contributed by atoms with Crippen LogP contribution >= 0.6 is 0 Å². The van der Waals surface area contributed by atoms with Crippen molar-refractivity contribution in [3.05, 3.63) is 70.4 Å². The predicted octanol–water partition coefficient (Wildman–Crippen LogP) is 3.94. The summed E-state index contributed by atoms with van der Waals surface area (Å²) in [7, 11) is 0. The summed E-state index contributed by atoms with van der Waals surface area (Å²) in [5.74, 6) is -0.631. The number of ketones is 1. The number of fused-ring (bicyclic) bond motifs is 2. The Bertz CT molecular complexity index is 953. The summed E-state index contributed by atoms with van der Waals surface area (Å²) < 4.78 is 13.6. The molecule has 0 amide bonds. The van der Waals surface area contributed by atoms with Crippen LogP contribution in [0.2, 0.25) is 0 Å². The number of rotatable bonds is 2. The third kappa shape index (κ3) is 1.96. The summed E-state index contributed by atoms with van der Waals surface area (Å²) in [6.45, 7) is 2.36. The van der Waals surface area contributed by atoms with Gasteiger partial charge in [0.2, 0.25) is 11.7 Å². The first-order chi connectivity index (χ1) is 10.6. The monoisotopic (exact) mass is 292 g/mol. The minimum atomic E-state index is -0.489. The van der Waals surface area contributed by atoms with Crippen molar-refractivity contribution < 1.29 is 9.18 Å². The normalized spacial score (nSPS) is 13.3. The Labute approximate surface area is 126 Å². The average Bonchev–Trinajstić information content (AvgIpc) is 3.10. The highest BCUT2D eigenvalue weighted by molar-refractivity contribution is 6.11. The molecule has 22 heavy (non-hydrogen) atoms. The van der Waals surface area contributed by atoms with Crippen LogP contribution in [0.5, 0.6) is 0 Å². The summed E-state index contributed by atoms with van der Waals surface area (Å²) >= 11 is 0. The van der Waals surface area contributed by atoms with Crippen molar-refractivity contribution in [3.8, 4) is 0 Å². The van der Waals surface area contributed by atoms with Gasteiger partial charge in [-0.25, -0.2) is 0 Å². The number of nitrogens with one attached hydrogen (secondary N) is 1. The standard InChI is InChI=1S/C18H13FN2O/c1-10-2-5-15-13(6-10)8-16(21-15)17(22)11-3-4-12-9-20-18(19)14(12)7-11/h2-8,21H,9H2,1H3. The number of halogens is 1. The lowest BCUT2D eigenvalue weighted by molar-refractivity contribution is 0.103. The van der Waals surface area contributed by atoms with Gasteiger partial charge in [0, 0.05) is 22.0 Å². The number of hydrogen-bond acceptors (Lipinski definition) is 2. The molecule has 0 atom stereocenters. The molecule has 4 heteroatoms. The topological polar surface area (TPSA) is 45.2 Å². The maximum absolute atomic E-state index is 13.6. The number of benzene rings is 2. The summed E-state index contributed by atoms with van der Waals surface area (Å²) in [5.41, 5.74) is 4.29. The lowest BCUT2D eigenvalue weighted by atomic mass is 10.0. The van der Waals surface area contributed by atoms with Gasteiger partial charge in [0.1, 0.15) is 0 Å². The number of hydrogen-bond donors (Lipinski definition) is 1. The van der Waals surface area contributed by atoms with Crippen molar-refractivity contribution in [1.29, 1.82) is 0 Å². The van der Waals surface area contributed by atoms with Gasteiger partial charge in [-0.05, 0) is 36.8 Å². The fourth-order valence-electron chi connectivity index (χ4n) is 2.82. The van der Waals surface area contributed by atoms with Gasteiger partial charge in [-0.2, -0.15) is 4.39 Å². The van der Waals surface area contributed by atoms with Gasteiger partial charge >= 0.3 is 0 Å². The fraction of sp³-hybridized carbons (Fsp3) is 0.111. The number of aromatic amines is 1. The number of carbonyl (C=O) groups excluding carboxylic acids is 1. The Hall–Kier alpha value is -2.75. The van der Waals surface area contributed by atoms with E-state index in [1.165, 1.54) is 0 Å². The van der Waals surface area contributed by atoms with E-state index in [0.29, 0.717) is 23.4 Å². The molecule has 2 heterocycles. The molecule has 1 aliphatic heterocycles. The third-order valence-corrected chi connectivity index (χ3v) is 4.00. The van der Waals surface area contributed by atoms with Crippen LogP contribution in [0.1, 0.15) is 32.7 Å². The zero-order valence-corrected chi connectivity index (χ0v) is 12.0. The molecule has 0 aliphatic carbocycles. The zero-order valence-electron chi connectivity index (χ0n) is 12.0. The van der Waals surface area contributed by atoms with Crippen LogP contribution in [-0.2, 0) is 6.54 Å². The molecule has 3 nitrogen and oxygen atoms in total. The minimum Gasteiger partial charge on any atom is -0.352 e. The summed E-state index contributed by atoms with van der Waals surface area (Å²) in [6.07, 6.45) is 0. The van der Waals surface area contributed by atoms with Crippen LogP contribution in [0, 0.1) is 6.92 Å². The smallest absolute Gasteiger partial charge is 0.216 e. The van der Waals surface area contributed by atoms with E-state index < -0.39 is 5.97 Å². The molecule has 0 saturated heterocycles. The van der Waals surface area contributed by atoms with Crippen molar-refractivity contribution in [2.24, 2.45) is 4.99 Å². The largest absolute Gasteiger partial charge is 0.352 e. The molecular weight excluding hydrogens is 279 g/mol. The second-order valence-corrected chi connectivity index (χ2v) is 5.58. The first-order valence-corrected chi connectivity index (χ1v) is 7.09. The molecule has 0 spiro atoms. The number of aryl methyl sites for hydroxylation is 1. The maximum atomic E-state index is 13.6. The molecule has 1 aliphatic rings. The van der Waals surface area contributed by atoms with E-state index >= 15 is 0 Å². The van der Waals surface area contributed by atoms with Gasteiger partial charge in [-0.1, -0.05) is 23.8 Å². The maximum Gasteiger partial charge on any atom is 0.216 e. The molecule has 108 valence electrons. The Morgan fingerprint density at radius 3 is 2.91 bits per heavy atom. The average molecular weight is 292 g/mol. The molecule has 0 bridgehead atoms. The van der Waals surface area contributed by atoms with Crippen molar-refractivity contribution in [2.45, 2.75) is 13.5 Å². The van der Waals surface area contributed by atoms with Crippen LogP contribution in [0.3, 0.4) is 0 Å². The van der Waals surface area contributed by atoms with Gasteiger partial charge < -0.3 is 4.98 Å². The molecular formula is C18H13FN2O. The van der Waals surface area contributed by atoms with Gasteiger partial charge in [-0.3, -0.25) is 9.79 Å².